The van der Waals surface area contributed by atoms with Crippen LogP contribution in [0.4, 0.5) is 17.1 Å². The Hall–Kier alpha value is -8.14. The van der Waals surface area contributed by atoms with Crippen LogP contribution in [0.1, 0.15) is 0 Å². The van der Waals surface area contributed by atoms with Gasteiger partial charge in [0.05, 0.1) is 22.4 Å². The van der Waals surface area contributed by atoms with Gasteiger partial charge in [-0.3, -0.25) is 0 Å². The van der Waals surface area contributed by atoms with Crippen molar-refractivity contribution in [2.45, 2.75) is 0 Å². The largest absolute Gasteiger partial charge is 0.455 e. The van der Waals surface area contributed by atoms with E-state index in [0.29, 0.717) is 0 Å². The third-order valence-corrected chi connectivity index (χ3v) is 12.2. The lowest BCUT2D eigenvalue weighted by Gasteiger charge is -2.30. The Balaban J connectivity index is 1.00. The smallest absolute Gasteiger partial charge is 0.143 e. The average molecular weight is 779 g/mol. The summed E-state index contributed by atoms with van der Waals surface area (Å²) in [6, 6.07) is 82.9. The van der Waals surface area contributed by atoms with E-state index < -0.39 is 0 Å². The number of para-hydroxylation sites is 4. The van der Waals surface area contributed by atoms with Crippen molar-refractivity contribution in [3.8, 4) is 39.1 Å². The molecular formula is C58H38N2O. The van der Waals surface area contributed by atoms with E-state index in [1.807, 2.05) is 0 Å². The molecule has 3 nitrogen and oxygen atoms in total. The summed E-state index contributed by atoms with van der Waals surface area (Å²) < 4.78 is 8.92. The van der Waals surface area contributed by atoms with Gasteiger partial charge in [-0.1, -0.05) is 164 Å². The topological polar surface area (TPSA) is 21.3 Å². The summed E-state index contributed by atoms with van der Waals surface area (Å²) in [6.07, 6.45) is 0. The minimum atomic E-state index is 0.886. The Morgan fingerprint density at radius 3 is 1.67 bits per heavy atom. The van der Waals surface area contributed by atoms with Crippen molar-refractivity contribution in [1.29, 1.82) is 0 Å². The van der Waals surface area contributed by atoms with Crippen LogP contribution in [0.3, 0.4) is 0 Å². The molecule has 0 bridgehead atoms. The first kappa shape index (κ1) is 34.9. The molecule has 0 atom stereocenters. The molecule has 0 unspecified atom stereocenters. The average Bonchev–Trinajstić information content (AvgIpc) is 3.88. The number of aromatic nitrogens is 1. The van der Waals surface area contributed by atoms with Crippen LogP contribution in [0.2, 0.25) is 0 Å². The maximum Gasteiger partial charge on any atom is 0.143 e. The Kier molecular flexibility index (Phi) is 8.17. The summed E-state index contributed by atoms with van der Waals surface area (Å²) in [5.41, 5.74) is 15.5. The number of benzene rings is 10. The first-order chi connectivity index (χ1) is 30.3. The van der Waals surface area contributed by atoms with Gasteiger partial charge >= 0.3 is 0 Å². The molecule has 0 amide bonds. The van der Waals surface area contributed by atoms with Crippen molar-refractivity contribution >= 4 is 71.6 Å². The van der Waals surface area contributed by atoms with Crippen LogP contribution < -0.4 is 4.90 Å². The molecule has 0 aliphatic rings. The highest BCUT2D eigenvalue weighted by Gasteiger charge is 2.22. The van der Waals surface area contributed by atoms with E-state index in [4.69, 9.17) is 4.42 Å². The molecule has 286 valence electrons. The number of anilines is 3. The van der Waals surface area contributed by atoms with Crippen LogP contribution in [0, 0.1) is 0 Å². The van der Waals surface area contributed by atoms with E-state index in [9.17, 15) is 0 Å². The monoisotopic (exact) mass is 778 g/mol. The second-order valence-corrected chi connectivity index (χ2v) is 15.7. The zero-order chi connectivity index (χ0) is 40.3. The number of rotatable bonds is 7. The molecule has 2 heterocycles. The Labute approximate surface area is 353 Å². The second-order valence-electron chi connectivity index (χ2n) is 15.7. The van der Waals surface area contributed by atoms with Crippen LogP contribution >= 0.6 is 0 Å². The van der Waals surface area contributed by atoms with Gasteiger partial charge in [-0.2, -0.15) is 0 Å². The molecule has 0 aliphatic carbocycles. The van der Waals surface area contributed by atoms with Gasteiger partial charge < -0.3 is 13.9 Å². The number of hydrogen-bond donors (Lipinski definition) is 0. The molecule has 0 fully saturated rings. The molecular weight excluding hydrogens is 741 g/mol. The Morgan fingerprint density at radius 2 is 0.934 bits per heavy atom. The third-order valence-electron chi connectivity index (χ3n) is 12.2. The van der Waals surface area contributed by atoms with Crippen LogP contribution in [0.5, 0.6) is 0 Å². The zero-order valence-electron chi connectivity index (χ0n) is 33.2. The summed E-state index contributed by atoms with van der Waals surface area (Å²) in [7, 11) is 0. The third kappa shape index (κ3) is 5.82. The summed E-state index contributed by atoms with van der Waals surface area (Å²) in [5.74, 6) is 0. The lowest BCUT2D eigenvalue weighted by Crippen LogP contribution is -2.12. The molecule has 61 heavy (non-hydrogen) atoms. The summed E-state index contributed by atoms with van der Waals surface area (Å²) in [6.45, 7) is 0. The molecule has 10 aromatic carbocycles. The number of furan rings is 1. The summed E-state index contributed by atoms with van der Waals surface area (Å²) in [5, 5.41) is 7.05. The van der Waals surface area contributed by atoms with Gasteiger partial charge in [-0.15, -0.1) is 0 Å². The van der Waals surface area contributed by atoms with Gasteiger partial charge in [0, 0.05) is 49.4 Å². The first-order valence-electron chi connectivity index (χ1n) is 20.8. The van der Waals surface area contributed by atoms with Crippen LogP contribution in [0.15, 0.2) is 235 Å². The fraction of sp³-hybridized carbons (Fsp3) is 0. The van der Waals surface area contributed by atoms with Crippen molar-refractivity contribution in [1.82, 2.24) is 4.57 Å². The van der Waals surface area contributed by atoms with E-state index in [1.54, 1.807) is 0 Å². The molecule has 0 saturated heterocycles. The maximum absolute atomic E-state index is 6.54. The van der Waals surface area contributed by atoms with Gasteiger partial charge in [0.15, 0.2) is 0 Å². The molecule has 3 heteroatoms. The minimum absolute atomic E-state index is 0.886. The van der Waals surface area contributed by atoms with Gasteiger partial charge in [0.25, 0.3) is 0 Å². The predicted molar refractivity (Wildman–Crippen MR) is 257 cm³/mol. The van der Waals surface area contributed by atoms with Crippen LogP contribution in [-0.4, -0.2) is 4.57 Å². The van der Waals surface area contributed by atoms with Crippen molar-refractivity contribution in [2.24, 2.45) is 0 Å². The molecule has 0 N–H and O–H groups in total. The lowest BCUT2D eigenvalue weighted by molar-refractivity contribution is 0.672. The highest BCUT2D eigenvalue weighted by Crippen LogP contribution is 2.46. The number of nitrogens with zero attached hydrogens (tertiary/aromatic N) is 2. The SMILES string of the molecule is c1ccc(-c2ccccc2N(c2ccc(-c3cccc(-n4c5ccccc5c5ccccc54)c3)cc2)c2ccccc2-c2ccc3oc4c5ccccc5ccc4c3c2)cc1. The first-order valence-corrected chi connectivity index (χ1v) is 20.8. The van der Waals surface area contributed by atoms with E-state index >= 15 is 0 Å². The van der Waals surface area contributed by atoms with E-state index in [0.717, 1.165) is 83.5 Å². The van der Waals surface area contributed by atoms with Gasteiger partial charge in [0.2, 0.25) is 0 Å². The maximum atomic E-state index is 6.54. The molecule has 0 saturated carbocycles. The number of hydrogen-bond acceptors (Lipinski definition) is 2. The summed E-state index contributed by atoms with van der Waals surface area (Å²) >= 11 is 0. The standard InChI is InChI=1S/C58H38N2O/c1-2-15-40(16-3-1)46-20-6-10-25-53(46)59(54-26-11-7-21-47(54)43-32-36-57-52(38-43)51-35-31-41-17-4-5-22-48(41)58(51)61-57)44-33-29-39(30-34-44)42-18-14-19-45(37-42)60-55-27-12-8-23-49(55)50-24-9-13-28-56(50)60/h1-38H. The molecule has 0 spiro atoms. The number of fused-ring (bicyclic) bond motifs is 8. The van der Waals surface area contributed by atoms with E-state index in [2.05, 4.69) is 240 Å². The minimum Gasteiger partial charge on any atom is -0.455 e. The predicted octanol–water partition coefficient (Wildman–Crippen LogP) is 16.3. The molecule has 0 aliphatic heterocycles. The fourth-order valence-corrected chi connectivity index (χ4v) is 9.35. The van der Waals surface area contributed by atoms with Crippen molar-refractivity contribution < 1.29 is 4.42 Å². The highest BCUT2D eigenvalue weighted by molar-refractivity contribution is 6.16. The summed E-state index contributed by atoms with van der Waals surface area (Å²) in [4.78, 5) is 2.42. The lowest BCUT2D eigenvalue weighted by atomic mass is 9.97. The van der Waals surface area contributed by atoms with E-state index in [-0.39, 0.29) is 0 Å². The Morgan fingerprint density at radius 1 is 0.344 bits per heavy atom. The van der Waals surface area contributed by atoms with Crippen LogP contribution in [0.25, 0.3) is 93.6 Å². The van der Waals surface area contributed by atoms with Crippen molar-refractivity contribution in [3.63, 3.8) is 0 Å². The zero-order valence-corrected chi connectivity index (χ0v) is 33.2. The van der Waals surface area contributed by atoms with Crippen molar-refractivity contribution in [3.05, 3.63) is 231 Å². The Bertz CT molecular complexity index is 3540. The van der Waals surface area contributed by atoms with Gasteiger partial charge in [-0.05, 0) is 94.4 Å². The van der Waals surface area contributed by atoms with Crippen molar-refractivity contribution in [2.75, 3.05) is 4.90 Å². The molecule has 12 aromatic rings. The highest BCUT2D eigenvalue weighted by atomic mass is 16.3. The van der Waals surface area contributed by atoms with E-state index in [1.165, 1.54) is 27.2 Å². The van der Waals surface area contributed by atoms with Gasteiger partial charge in [0.1, 0.15) is 11.2 Å². The molecule has 2 aromatic heterocycles. The quantitative estimate of drug-likeness (QED) is 0.161. The van der Waals surface area contributed by atoms with Gasteiger partial charge in [-0.25, -0.2) is 0 Å². The normalized spacial score (nSPS) is 11.6. The molecule has 0 radical (unpaired) electrons. The molecule has 12 rings (SSSR count). The fourth-order valence-electron chi connectivity index (χ4n) is 9.35. The second kappa shape index (κ2) is 14.3. The van der Waals surface area contributed by atoms with Crippen LogP contribution in [-0.2, 0) is 0 Å².